The summed E-state index contributed by atoms with van der Waals surface area (Å²) in [5.41, 5.74) is 2.30. The van der Waals surface area contributed by atoms with Gasteiger partial charge in [0.1, 0.15) is 0 Å². The van der Waals surface area contributed by atoms with E-state index in [1.165, 1.54) is 5.56 Å². The quantitative estimate of drug-likeness (QED) is 0.768. The van der Waals surface area contributed by atoms with Crippen molar-refractivity contribution in [3.05, 3.63) is 35.7 Å². The molecular weight excluding hydrogens is 188 g/mol. The maximum atomic E-state index is 5.15. The number of hydrogen-bond acceptors (Lipinski definition) is 3. The molecule has 3 heteroatoms. The minimum Gasteiger partial charge on any atom is -0.334 e. The second-order valence-corrected chi connectivity index (χ2v) is 3.42. The van der Waals surface area contributed by atoms with Gasteiger partial charge in [-0.1, -0.05) is 31.1 Å². The Labute approximate surface area is 89.1 Å². The Balaban J connectivity index is 2.28. The molecule has 0 fully saturated rings. The van der Waals surface area contributed by atoms with Gasteiger partial charge in [-0.2, -0.15) is 4.98 Å². The van der Waals surface area contributed by atoms with Gasteiger partial charge in [0.25, 0.3) is 5.89 Å². The second kappa shape index (κ2) is 4.26. The molecule has 0 unspecified atom stereocenters. The normalized spacial score (nSPS) is 10.5. The molecule has 0 N–H and O–H groups in total. The van der Waals surface area contributed by atoms with E-state index >= 15 is 0 Å². The van der Waals surface area contributed by atoms with E-state index in [1.54, 1.807) is 0 Å². The molecule has 0 spiro atoms. The molecule has 0 amide bonds. The van der Waals surface area contributed by atoms with Gasteiger partial charge < -0.3 is 4.52 Å². The van der Waals surface area contributed by atoms with Crippen molar-refractivity contribution in [2.24, 2.45) is 0 Å². The summed E-state index contributed by atoms with van der Waals surface area (Å²) in [7, 11) is 0. The Bertz CT molecular complexity index is 431. The van der Waals surface area contributed by atoms with Crippen molar-refractivity contribution < 1.29 is 4.52 Å². The number of hydrogen-bond donors (Lipinski definition) is 0. The molecule has 0 bridgehead atoms. The van der Waals surface area contributed by atoms with E-state index in [2.05, 4.69) is 29.2 Å². The SMILES string of the molecule is CCc1ccc(-c2nc(CC)no2)cc1. The van der Waals surface area contributed by atoms with Gasteiger partial charge >= 0.3 is 0 Å². The van der Waals surface area contributed by atoms with Gasteiger partial charge in [0.05, 0.1) is 0 Å². The van der Waals surface area contributed by atoms with Gasteiger partial charge in [0, 0.05) is 12.0 Å². The maximum Gasteiger partial charge on any atom is 0.257 e. The van der Waals surface area contributed by atoms with Crippen molar-refractivity contribution in [1.29, 1.82) is 0 Å². The van der Waals surface area contributed by atoms with Crippen molar-refractivity contribution in [2.75, 3.05) is 0 Å². The molecule has 0 saturated heterocycles. The molecular formula is C12H14N2O. The Morgan fingerprint density at radius 3 is 2.33 bits per heavy atom. The third-order valence-electron chi connectivity index (χ3n) is 2.39. The van der Waals surface area contributed by atoms with Crippen LogP contribution in [0.25, 0.3) is 11.5 Å². The molecule has 0 radical (unpaired) electrons. The zero-order valence-corrected chi connectivity index (χ0v) is 9.03. The summed E-state index contributed by atoms with van der Waals surface area (Å²) in [6, 6.07) is 8.22. The van der Waals surface area contributed by atoms with Crippen molar-refractivity contribution >= 4 is 0 Å². The first-order chi connectivity index (χ1) is 7.33. The van der Waals surface area contributed by atoms with Crippen LogP contribution in [0.5, 0.6) is 0 Å². The number of aromatic nitrogens is 2. The van der Waals surface area contributed by atoms with Crippen molar-refractivity contribution in [3.63, 3.8) is 0 Å². The predicted molar refractivity (Wildman–Crippen MR) is 58.5 cm³/mol. The molecule has 78 valence electrons. The van der Waals surface area contributed by atoms with Gasteiger partial charge in [0.15, 0.2) is 5.82 Å². The van der Waals surface area contributed by atoms with Crippen LogP contribution in [-0.4, -0.2) is 10.1 Å². The van der Waals surface area contributed by atoms with E-state index < -0.39 is 0 Å². The smallest absolute Gasteiger partial charge is 0.257 e. The summed E-state index contributed by atoms with van der Waals surface area (Å²) in [6.45, 7) is 4.14. The van der Waals surface area contributed by atoms with Crippen LogP contribution in [0.4, 0.5) is 0 Å². The molecule has 2 aromatic rings. The molecule has 0 aliphatic carbocycles. The van der Waals surface area contributed by atoms with E-state index in [0.717, 1.165) is 24.2 Å². The lowest BCUT2D eigenvalue weighted by atomic mass is 10.1. The Morgan fingerprint density at radius 1 is 1.07 bits per heavy atom. The van der Waals surface area contributed by atoms with Crippen LogP contribution in [0.2, 0.25) is 0 Å². The minimum absolute atomic E-state index is 0.606. The van der Waals surface area contributed by atoms with Crippen LogP contribution in [0.1, 0.15) is 25.2 Å². The standard InChI is InChI=1S/C12H14N2O/c1-3-9-5-7-10(8-6-9)12-13-11(4-2)14-15-12/h5-8H,3-4H2,1-2H3. The topological polar surface area (TPSA) is 38.9 Å². The van der Waals surface area contributed by atoms with Gasteiger partial charge in [0.2, 0.25) is 0 Å². The number of nitrogens with zero attached hydrogens (tertiary/aromatic N) is 2. The number of rotatable bonds is 3. The predicted octanol–water partition coefficient (Wildman–Crippen LogP) is 2.86. The summed E-state index contributed by atoms with van der Waals surface area (Å²) in [6.07, 6.45) is 1.85. The number of aryl methyl sites for hydroxylation is 2. The van der Waals surface area contributed by atoms with Crippen molar-refractivity contribution in [3.8, 4) is 11.5 Å². The Kier molecular flexibility index (Phi) is 2.81. The molecule has 2 rings (SSSR count). The summed E-state index contributed by atoms with van der Waals surface area (Å²) in [4.78, 5) is 4.28. The van der Waals surface area contributed by atoms with E-state index in [9.17, 15) is 0 Å². The monoisotopic (exact) mass is 202 g/mol. The average molecular weight is 202 g/mol. The highest BCUT2D eigenvalue weighted by molar-refractivity contribution is 5.53. The zero-order chi connectivity index (χ0) is 10.7. The summed E-state index contributed by atoms with van der Waals surface area (Å²) >= 11 is 0. The molecule has 15 heavy (non-hydrogen) atoms. The Hall–Kier alpha value is -1.64. The lowest BCUT2D eigenvalue weighted by Crippen LogP contribution is -1.83. The average Bonchev–Trinajstić information content (AvgIpc) is 2.78. The van der Waals surface area contributed by atoms with Crippen LogP contribution >= 0.6 is 0 Å². The van der Waals surface area contributed by atoms with Crippen LogP contribution < -0.4 is 0 Å². The van der Waals surface area contributed by atoms with Crippen LogP contribution in [0.3, 0.4) is 0 Å². The van der Waals surface area contributed by atoms with E-state index in [0.29, 0.717) is 5.89 Å². The van der Waals surface area contributed by atoms with Crippen LogP contribution in [0, 0.1) is 0 Å². The summed E-state index contributed by atoms with van der Waals surface area (Å²) in [5.74, 6) is 1.36. The third kappa shape index (κ3) is 2.06. The van der Waals surface area contributed by atoms with Gasteiger partial charge in [-0.25, -0.2) is 0 Å². The van der Waals surface area contributed by atoms with Crippen LogP contribution in [-0.2, 0) is 12.8 Å². The fourth-order valence-electron chi connectivity index (χ4n) is 1.40. The Morgan fingerprint density at radius 2 is 1.80 bits per heavy atom. The van der Waals surface area contributed by atoms with Gasteiger partial charge in [-0.05, 0) is 24.1 Å². The highest BCUT2D eigenvalue weighted by Gasteiger charge is 2.06. The van der Waals surface area contributed by atoms with Crippen molar-refractivity contribution in [2.45, 2.75) is 26.7 Å². The molecule has 1 aromatic heterocycles. The largest absolute Gasteiger partial charge is 0.334 e. The fraction of sp³-hybridized carbons (Fsp3) is 0.333. The molecule has 3 nitrogen and oxygen atoms in total. The first-order valence-corrected chi connectivity index (χ1v) is 5.25. The van der Waals surface area contributed by atoms with E-state index in [-0.39, 0.29) is 0 Å². The first-order valence-electron chi connectivity index (χ1n) is 5.25. The van der Waals surface area contributed by atoms with Crippen LogP contribution in [0.15, 0.2) is 28.8 Å². The van der Waals surface area contributed by atoms with Crippen molar-refractivity contribution in [1.82, 2.24) is 10.1 Å². The third-order valence-corrected chi connectivity index (χ3v) is 2.39. The molecule has 1 heterocycles. The highest BCUT2D eigenvalue weighted by atomic mass is 16.5. The van der Waals surface area contributed by atoms with E-state index in [1.807, 2.05) is 19.1 Å². The maximum absolute atomic E-state index is 5.15. The molecule has 0 atom stereocenters. The van der Waals surface area contributed by atoms with Gasteiger partial charge in [-0.15, -0.1) is 0 Å². The molecule has 0 aliphatic heterocycles. The molecule has 1 aromatic carbocycles. The lowest BCUT2D eigenvalue weighted by Gasteiger charge is -1.96. The lowest BCUT2D eigenvalue weighted by molar-refractivity contribution is 0.423. The number of benzene rings is 1. The first kappa shape index (κ1) is 9.90. The zero-order valence-electron chi connectivity index (χ0n) is 9.03. The second-order valence-electron chi connectivity index (χ2n) is 3.42. The molecule has 0 aliphatic rings. The fourth-order valence-corrected chi connectivity index (χ4v) is 1.40. The van der Waals surface area contributed by atoms with E-state index in [4.69, 9.17) is 4.52 Å². The summed E-state index contributed by atoms with van der Waals surface area (Å²) in [5, 5.41) is 3.87. The summed E-state index contributed by atoms with van der Waals surface area (Å²) < 4.78 is 5.15. The highest BCUT2D eigenvalue weighted by Crippen LogP contribution is 2.17. The molecule has 0 saturated carbocycles. The van der Waals surface area contributed by atoms with Gasteiger partial charge in [-0.3, -0.25) is 0 Å². The minimum atomic E-state index is 0.606.